The molecule has 0 saturated carbocycles. The van der Waals surface area contributed by atoms with E-state index in [1.165, 1.54) is 6.07 Å². The zero-order chi connectivity index (χ0) is 26.3. The molecule has 1 saturated heterocycles. The summed E-state index contributed by atoms with van der Waals surface area (Å²) in [7, 11) is 0. The van der Waals surface area contributed by atoms with E-state index in [4.69, 9.17) is 14.6 Å². The van der Waals surface area contributed by atoms with Gasteiger partial charge in [0.25, 0.3) is 0 Å². The number of halogens is 1. The number of nitrogens with one attached hydrogen (secondary N) is 1. The molecule has 1 aliphatic carbocycles. The molecule has 1 aromatic carbocycles. The minimum Gasteiger partial charge on any atom is -0.493 e. The smallest absolute Gasteiger partial charge is 0.410 e. The number of benzene rings is 1. The van der Waals surface area contributed by atoms with Crippen LogP contribution < -0.4 is 10.1 Å². The Balaban J connectivity index is 1.46. The second-order valence-corrected chi connectivity index (χ2v) is 10.6. The lowest BCUT2D eigenvalue weighted by atomic mass is 9.86. The van der Waals surface area contributed by atoms with Crippen molar-refractivity contribution >= 4 is 17.6 Å². The molecule has 8 nitrogen and oxygen atoms in total. The third-order valence-electron chi connectivity index (χ3n) is 6.54. The first-order valence-electron chi connectivity index (χ1n) is 12.7. The number of rotatable bonds is 8. The van der Waals surface area contributed by atoms with Crippen molar-refractivity contribution in [3.63, 3.8) is 0 Å². The molecule has 200 valence electrons. The number of carbonyl (C=O) groups is 2. The highest BCUT2D eigenvalue weighted by atomic mass is 19.1. The van der Waals surface area contributed by atoms with Gasteiger partial charge in [0.2, 0.25) is 5.91 Å². The van der Waals surface area contributed by atoms with Crippen molar-refractivity contribution < 1.29 is 33.7 Å². The SMILES string of the molecule is CC(C)(C)OC(=O)N1CCC(COc2ccc(C3=CCC(C(=O)NC[C@@H](O)CO)CC3)c(F)c2)CC1. The molecule has 0 spiro atoms. The molecular formula is C27H39FN2O6. The van der Waals surface area contributed by atoms with Crippen LogP contribution >= 0.6 is 0 Å². The molecular weight excluding hydrogens is 467 g/mol. The maximum absolute atomic E-state index is 14.9. The Labute approximate surface area is 212 Å². The number of ether oxygens (including phenoxy) is 2. The number of aliphatic hydroxyl groups is 2. The fourth-order valence-electron chi connectivity index (χ4n) is 4.41. The number of allylic oxidation sites excluding steroid dienone is 2. The highest BCUT2D eigenvalue weighted by Crippen LogP contribution is 2.33. The lowest BCUT2D eigenvalue weighted by Crippen LogP contribution is -2.42. The summed E-state index contributed by atoms with van der Waals surface area (Å²) in [6, 6.07) is 4.89. The number of aliphatic hydroxyl groups excluding tert-OH is 2. The van der Waals surface area contributed by atoms with Crippen molar-refractivity contribution in [2.45, 2.75) is 64.6 Å². The van der Waals surface area contributed by atoms with Gasteiger partial charge in [0, 0.05) is 37.2 Å². The molecule has 0 radical (unpaired) electrons. The zero-order valence-electron chi connectivity index (χ0n) is 21.5. The van der Waals surface area contributed by atoms with Crippen LogP contribution in [0.4, 0.5) is 9.18 Å². The van der Waals surface area contributed by atoms with E-state index in [-0.39, 0.29) is 36.2 Å². The van der Waals surface area contributed by atoms with Gasteiger partial charge in [-0.05, 0) is 76.5 Å². The molecule has 3 N–H and O–H groups in total. The number of likely N-dealkylation sites (tertiary alicyclic amines) is 1. The van der Waals surface area contributed by atoms with Gasteiger partial charge in [-0.1, -0.05) is 6.08 Å². The predicted molar refractivity (Wildman–Crippen MR) is 134 cm³/mol. The quantitative estimate of drug-likeness (QED) is 0.498. The Bertz CT molecular complexity index is 937. The van der Waals surface area contributed by atoms with Crippen LogP contribution in [-0.4, -0.2) is 71.7 Å². The summed E-state index contributed by atoms with van der Waals surface area (Å²) in [5, 5.41) is 20.9. The summed E-state index contributed by atoms with van der Waals surface area (Å²) in [5.74, 6) is 0.00873. The predicted octanol–water partition coefficient (Wildman–Crippen LogP) is 3.50. The average Bonchev–Trinajstić information content (AvgIpc) is 2.85. The Hall–Kier alpha value is -2.65. The zero-order valence-corrected chi connectivity index (χ0v) is 21.5. The van der Waals surface area contributed by atoms with E-state index in [1.54, 1.807) is 17.0 Å². The van der Waals surface area contributed by atoms with Crippen molar-refractivity contribution in [2.75, 3.05) is 32.8 Å². The maximum atomic E-state index is 14.9. The van der Waals surface area contributed by atoms with E-state index in [1.807, 2.05) is 26.8 Å². The van der Waals surface area contributed by atoms with Crippen molar-refractivity contribution in [1.82, 2.24) is 10.2 Å². The fraction of sp³-hybridized carbons (Fsp3) is 0.630. The van der Waals surface area contributed by atoms with Gasteiger partial charge in [-0.25, -0.2) is 9.18 Å². The molecule has 3 rings (SSSR count). The van der Waals surface area contributed by atoms with Gasteiger partial charge in [0.05, 0.1) is 19.3 Å². The van der Waals surface area contributed by atoms with Crippen LogP contribution in [0.1, 0.15) is 58.4 Å². The highest BCUT2D eigenvalue weighted by Gasteiger charge is 2.27. The molecule has 9 heteroatoms. The van der Waals surface area contributed by atoms with E-state index in [0.717, 1.165) is 18.4 Å². The number of amides is 2. The average molecular weight is 507 g/mol. The number of hydrogen-bond donors (Lipinski definition) is 3. The lowest BCUT2D eigenvalue weighted by molar-refractivity contribution is -0.125. The molecule has 1 fully saturated rings. The summed E-state index contributed by atoms with van der Waals surface area (Å²) in [5.41, 5.74) is 0.873. The second-order valence-electron chi connectivity index (χ2n) is 10.6. The molecule has 2 amide bonds. The molecule has 0 aromatic heterocycles. The molecule has 1 aliphatic heterocycles. The Morgan fingerprint density at radius 1 is 1.22 bits per heavy atom. The van der Waals surface area contributed by atoms with Crippen molar-refractivity contribution in [1.29, 1.82) is 0 Å². The number of carbonyl (C=O) groups excluding carboxylic acids is 2. The Morgan fingerprint density at radius 3 is 2.53 bits per heavy atom. The lowest BCUT2D eigenvalue weighted by Gasteiger charge is -2.33. The molecule has 0 bridgehead atoms. The largest absolute Gasteiger partial charge is 0.493 e. The highest BCUT2D eigenvalue weighted by molar-refractivity contribution is 5.80. The molecule has 2 aliphatic rings. The van der Waals surface area contributed by atoms with Crippen LogP contribution in [0.15, 0.2) is 24.3 Å². The number of nitrogens with zero attached hydrogens (tertiary/aromatic N) is 1. The van der Waals surface area contributed by atoms with Gasteiger partial charge < -0.3 is 29.9 Å². The molecule has 1 heterocycles. The Kier molecular flexibility index (Phi) is 9.73. The first-order chi connectivity index (χ1) is 17.1. The van der Waals surface area contributed by atoms with Gasteiger partial charge in [-0.3, -0.25) is 4.79 Å². The minimum atomic E-state index is -0.969. The Morgan fingerprint density at radius 2 is 1.94 bits per heavy atom. The summed E-state index contributed by atoms with van der Waals surface area (Å²) >= 11 is 0. The number of piperidine rings is 1. The van der Waals surface area contributed by atoms with Gasteiger partial charge >= 0.3 is 6.09 Å². The summed E-state index contributed by atoms with van der Waals surface area (Å²) in [4.78, 5) is 26.2. The third-order valence-corrected chi connectivity index (χ3v) is 6.54. The number of hydrogen-bond acceptors (Lipinski definition) is 6. The van der Waals surface area contributed by atoms with E-state index in [2.05, 4.69) is 5.32 Å². The van der Waals surface area contributed by atoms with Crippen LogP contribution in [-0.2, 0) is 9.53 Å². The second kappa shape index (κ2) is 12.5. The fourth-order valence-corrected chi connectivity index (χ4v) is 4.41. The third kappa shape index (κ3) is 8.20. The standard InChI is InChI=1S/C27H39FN2O6/c1-27(2,3)36-26(34)30-12-10-18(11-13-30)17-35-22-8-9-23(24(28)14-22)19-4-6-20(7-5-19)25(33)29-15-21(32)16-31/h4,8-9,14,18,20-21,31-32H,5-7,10-13,15-17H2,1-3H3,(H,29,33)/t20?,21-/m1/s1. The van der Waals surface area contributed by atoms with Gasteiger partial charge in [-0.2, -0.15) is 0 Å². The summed E-state index contributed by atoms with van der Waals surface area (Å²) in [6.07, 6.45) is 3.91. The summed E-state index contributed by atoms with van der Waals surface area (Å²) < 4.78 is 26.2. The normalized spacial score (nSPS) is 19.9. The molecule has 36 heavy (non-hydrogen) atoms. The minimum absolute atomic E-state index is 0.0152. The van der Waals surface area contributed by atoms with E-state index < -0.39 is 18.3 Å². The molecule has 2 atom stereocenters. The summed E-state index contributed by atoms with van der Waals surface area (Å²) in [6.45, 7) is 6.87. The van der Waals surface area contributed by atoms with Crippen LogP contribution in [0, 0.1) is 17.7 Å². The van der Waals surface area contributed by atoms with E-state index in [0.29, 0.717) is 50.3 Å². The first kappa shape index (κ1) is 27.9. The van der Waals surface area contributed by atoms with Gasteiger partial charge in [0.1, 0.15) is 17.2 Å². The van der Waals surface area contributed by atoms with Crippen LogP contribution in [0.3, 0.4) is 0 Å². The van der Waals surface area contributed by atoms with Crippen molar-refractivity contribution in [3.05, 3.63) is 35.7 Å². The first-order valence-corrected chi connectivity index (χ1v) is 12.7. The van der Waals surface area contributed by atoms with Crippen LogP contribution in [0.2, 0.25) is 0 Å². The van der Waals surface area contributed by atoms with Crippen molar-refractivity contribution in [3.8, 4) is 5.75 Å². The van der Waals surface area contributed by atoms with Crippen molar-refractivity contribution in [2.24, 2.45) is 11.8 Å². The van der Waals surface area contributed by atoms with Crippen LogP contribution in [0.25, 0.3) is 5.57 Å². The van der Waals surface area contributed by atoms with Gasteiger partial charge in [-0.15, -0.1) is 0 Å². The topological polar surface area (TPSA) is 108 Å². The monoisotopic (exact) mass is 506 g/mol. The molecule has 1 aromatic rings. The van der Waals surface area contributed by atoms with E-state index >= 15 is 0 Å². The van der Waals surface area contributed by atoms with Crippen LogP contribution in [0.5, 0.6) is 5.75 Å². The molecule has 1 unspecified atom stereocenters. The van der Waals surface area contributed by atoms with Gasteiger partial charge in [0.15, 0.2) is 0 Å². The maximum Gasteiger partial charge on any atom is 0.410 e. The van der Waals surface area contributed by atoms with E-state index in [9.17, 15) is 19.1 Å².